The van der Waals surface area contributed by atoms with Crippen molar-refractivity contribution in [1.29, 1.82) is 0 Å². The zero-order valence-electron chi connectivity index (χ0n) is 11.9. The van der Waals surface area contributed by atoms with Crippen molar-refractivity contribution < 1.29 is 9.53 Å². The first kappa shape index (κ1) is 13.3. The number of pyridine rings is 1. The van der Waals surface area contributed by atoms with Crippen molar-refractivity contribution in [3.05, 3.63) is 48.4 Å². The lowest BCUT2D eigenvalue weighted by atomic mass is 10.1. The minimum absolute atomic E-state index is 0.314. The largest absolute Gasteiger partial charge is 0.462 e. The second-order valence-electron chi connectivity index (χ2n) is 4.75. The van der Waals surface area contributed by atoms with Crippen molar-refractivity contribution in [1.82, 2.24) is 14.8 Å². The van der Waals surface area contributed by atoms with E-state index in [9.17, 15) is 4.79 Å². The Balaban J connectivity index is 2.05. The number of fused-ring (bicyclic) bond motifs is 1. The summed E-state index contributed by atoms with van der Waals surface area (Å²) in [6.45, 7) is 2.16. The molecular weight excluding hydrogens is 266 g/mol. The van der Waals surface area contributed by atoms with Crippen molar-refractivity contribution in [2.24, 2.45) is 7.05 Å². The highest BCUT2D eigenvalue weighted by atomic mass is 16.5. The number of benzene rings is 1. The highest BCUT2D eigenvalue weighted by molar-refractivity contribution is 5.95. The summed E-state index contributed by atoms with van der Waals surface area (Å²) in [6, 6.07) is 7.37. The average molecular weight is 281 g/mol. The molecule has 1 aromatic carbocycles. The Morgan fingerprint density at radius 1 is 1.24 bits per heavy atom. The third-order valence-corrected chi connectivity index (χ3v) is 3.23. The lowest BCUT2D eigenvalue weighted by Crippen LogP contribution is -2.04. The van der Waals surface area contributed by atoms with Crippen LogP contribution in [0, 0.1) is 0 Å². The second kappa shape index (κ2) is 5.36. The molecule has 0 atom stereocenters. The molecule has 0 spiro atoms. The summed E-state index contributed by atoms with van der Waals surface area (Å²) in [6.07, 6.45) is 5.53. The van der Waals surface area contributed by atoms with Gasteiger partial charge in [0.15, 0.2) is 0 Å². The Morgan fingerprint density at radius 3 is 2.81 bits per heavy atom. The van der Waals surface area contributed by atoms with Gasteiger partial charge in [0, 0.05) is 36.0 Å². The van der Waals surface area contributed by atoms with Gasteiger partial charge in [0.05, 0.1) is 23.9 Å². The van der Waals surface area contributed by atoms with Crippen LogP contribution < -0.4 is 0 Å². The van der Waals surface area contributed by atoms with Crippen LogP contribution in [0.15, 0.2) is 42.9 Å². The molecule has 106 valence electrons. The highest BCUT2D eigenvalue weighted by Crippen LogP contribution is 2.23. The van der Waals surface area contributed by atoms with Gasteiger partial charge in [-0.25, -0.2) is 4.79 Å². The molecule has 3 rings (SSSR count). The summed E-state index contributed by atoms with van der Waals surface area (Å²) in [5.41, 5.74) is 3.34. The number of carbonyl (C=O) groups is 1. The maximum Gasteiger partial charge on any atom is 0.338 e. The molecule has 0 N–H and O–H groups in total. The number of hydrogen-bond acceptors (Lipinski definition) is 4. The van der Waals surface area contributed by atoms with Crippen LogP contribution in [0.2, 0.25) is 0 Å². The van der Waals surface area contributed by atoms with E-state index in [1.807, 2.05) is 31.6 Å². The van der Waals surface area contributed by atoms with E-state index < -0.39 is 0 Å². The number of rotatable bonds is 3. The predicted octanol–water partition coefficient (Wildman–Crippen LogP) is 2.81. The molecule has 0 amide bonds. The summed E-state index contributed by atoms with van der Waals surface area (Å²) in [5.74, 6) is -0.314. The standard InChI is InChI=1S/C16H15N3O2/c1-3-21-16(20)11-4-5-15-12(6-11)7-13(8-17-15)14-9-18-19(2)10-14/h4-10H,3H2,1-2H3. The fourth-order valence-electron chi connectivity index (χ4n) is 2.20. The fourth-order valence-corrected chi connectivity index (χ4v) is 2.20. The molecule has 0 unspecified atom stereocenters. The minimum Gasteiger partial charge on any atom is -0.462 e. The van der Waals surface area contributed by atoms with Gasteiger partial charge in [-0.1, -0.05) is 0 Å². The monoisotopic (exact) mass is 281 g/mol. The topological polar surface area (TPSA) is 57.0 Å². The Morgan fingerprint density at radius 2 is 2.10 bits per heavy atom. The SMILES string of the molecule is CCOC(=O)c1ccc2ncc(-c3cnn(C)c3)cc2c1. The smallest absolute Gasteiger partial charge is 0.338 e. The molecule has 3 aromatic rings. The maximum atomic E-state index is 11.8. The number of carbonyl (C=O) groups excluding carboxylic acids is 1. The van der Waals surface area contributed by atoms with Gasteiger partial charge in [0.2, 0.25) is 0 Å². The normalized spacial score (nSPS) is 10.8. The van der Waals surface area contributed by atoms with Gasteiger partial charge in [-0.2, -0.15) is 5.10 Å². The Labute approximate surface area is 122 Å². The molecule has 2 aromatic heterocycles. The number of ether oxygens (including phenoxy) is 1. The number of aryl methyl sites for hydroxylation is 1. The van der Waals surface area contributed by atoms with Crippen LogP contribution in [-0.2, 0) is 11.8 Å². The summed E-state index contributed by atoms with van der Waals surface area (Å²) in [5, 5.41) is 5.06. The van der Waals surface area contributed by atoms with Gasteiger partial charge in [-0.05, 0) is 31.2 Å². The average Bonchev–Trinajstić information content (AvgIpc) is 2.93. The van der Waals surface area contributed by atoms with Gasteiger partial charge in [-0.15, -0.1) is 0 Å². The number of hydrogen-bond donors (Lipinski definition) is 0. The predicted molar refractivity (Wildman–Crippen MR) is 79.9 cm³/mol. The summed E-state index contributed by atoms with van der Waals surface area (Å²) < 4.78 is 6.77. The van der Waals surface area contributed by atoms with E-state index in [0.29, 0.717) is 12.2 Å². The van der Waals surface area contributed by atoms with Crippen LogP contribution in [0.4, 0.5) is 0 Å². The van der Waals surface area contributed by atoms with Gasteiger partial charge >= 0.3 is 5.97 Å². The molecular formula is C16H15N3O2. The molecule has 0 saturated heterocycles. The van der Waals surface area contributed by atoms with E-state index in [1.54, 1.807) is 29.9 Å². The molecule has 5 nitrogen and oxygen atoms in total. The van der Waals surface area contributed by atoms with Gasteiger partial charge in [-0.3, -0.25) is 9.67 Å². The Kier molecular flexibility index (Phi) is 3.39. The van der Waals surface area contributed by atoms with Gasteiger partial charge < -0.3 is 4.74 Å². The first-order valence-electron chi connectivity index (χ1n) is 6.73. The minimum atomic E-state index is -0.314. The van der Waals surface area contributed by atoms with Crippen LogP contribution in [-0.4, -0.2) is 27.3 Å². The second-order valence-corrected chi connectivity index (χ2v) is 4.75. The zero-order chi connectivity index (χ0) is 14.8. The molecule has 21 heavy (non-hydrogen) atoms. The van der Waals surface area contributed by atoms with Crippen molar-refractivity contribution in [2.45, 2.75) is 6.92 Å². The number of esters is 1. The molecule has 0 aliphatic rings. The van der Waals surface area contributed by atoms with Crippen molar-refractivity contribution in [3.8, 4) is 11.1 Å². The van der Waals surface area contributed by atoms with E-state index >= 15 is 0 Å². The Hall–Kier alpha value is -2.69. The summed E-state index contributed by atoms with van der Waals surface area (Å²) in [7, 11) is 1.87. The van der Waals surface area contributed by atoms with Gasteiger partial charge in [0.25, 0.3) is 0 Å². The lowest BCUT2D eigenvalue weighted by molar-refractivity contribution is 0.0526. The highest BCUT2D eigenvalue weighted by Gasteiger charge is 2.09. The van der Waals surface area contributed by atoms with Crippen LogP contribution in [0.1, 0.15) is 17.3 Å². The molecule has 2 heterocycles. The van der Waals surface area contributed by atoms with E-state index in [0.717, 1.165) is 22.0 Å². The fraction of sp³-hybridized carbons (Fsp3) is 0.188. The van der Waals surface area contributed by atoms with Crippen LogP contribution >= 0.6 is 0 Å². The third-order valence-electron chi connectivity index (χ3n) is 3.23. The number of nitrogens with zero attached hydrogens (tertiary/aromatic N) is 3. The summed E-state index contributed by atoms with van der Waals surface area (Å²) in [4.78, 5) is 16.2. The molecule has 0 aliphatic carbocycles. The van der Waals surface area contributed by atoms with E-state index in [2.05, 4.69) is 10.1 Å². The maximum absolute atomic E-state index is 11.8. The van der Waals surface area contributed by atoms with Crippen molar-refractivity contribution in [3.63, 3.8) is 0 Å². The van der Waals surface area contributed by atoms with E-state index in [-0.39, 0.29) is 5.97 Å². The van der Waals surface area contributed by atoms with Gasteiger partial charge in [0.1, 0.15) is 0 Å². The first-order valence-corrected chi connectivity index (χ1v) is 6.73. The quantitative estimate of drug-likeness (QED) is 0.693. The molecule has 0 radical (unpaired) electrons. The zero-order valence-corrected chi connectivity index (χ0v) is 11.9. The molecule has 5 heteroatoms. The van der Waals surface area contributed by atoms with Crippen molar-refractivity contribution >= 4 is 16.9 Å². The first-order chi connectivity index (χ1) is 10.2. The molecule has 0 bridgehead atoms. The Bertz CT molecular complexity index is 808. The van der Waals surface area contributed by atoms with Crippen LogP contribution in [0.3, 0.4) is 0 Å². The molecule has 0 aliphatic heterocycles. The van der Waals surface area contributed by atoms with Crippen LogP contribution in [0.25, 0.3) is 22.0 Å². The lowest BCUT2D eigenvalue weighted by Gasteiger charge is -2.04. The molecule has 0 saturated carbocycles. The van der Waals surface area contributed by atoms with Crippen molar-refractivity contribution in [2.75, 3.05) is 6.61 Å². The van der Waals surface area contributed by atoms with Crippen LogP contribution in [0.5, 0.6) is 0 Å². The van der Waals surface area contributed by atoms with E-state index in [1.165, 1.54) is 0 Å². The number of aromatic nitrogens is 3. The molecule has 0 fully saturated rings. The van der Waals surface area contributed by atoms with E-state index in [4.69, 9.17) is 4.74 Å². The third kappa shape index (κ3) is 2.63. The summed E-state index contributed by atoms with van der Waals surface area (Å²) >= 11 is 0.